The Morgan fingerprint density at radius 1 is 1.35 bits per heavy atom. The van der Waals surface area contributed by atoms with Crippen LogP contribution < -0.4 is 10.6 Å². The van der Waals surface area contributed by atoms with E-state index >= 15 is 0 Å². The van der Waals surface area contributed by atoms with Crippen LogP contribution in [-0.2, 0) is 14.3 Å². The Bertz CT molecular complexity index is 383. The summed E-state index contributed by atoms with van der Waals surface area (Å²) in [6, 6.07) is -0.0211. The van der Waals surface area contributed by atoms with Crippen LogP contribution >= 0.6 is 0 Å². The summed E-state index contributed by atoms with van der Waals surface area (Å²) < 4.78 is 5.37. The molecule has 1 saturated carbocycles. The summed E-state index contributed by atoms with van der Waals surface area (Å²) in [4.78, 5) is 23.8. The maximum atomic E-state index is 12.4. The van der Waals surface area contributed by atoms with Gasteiger partial charge in [-0.25, -0.2) is 4.79 Å². The molecule has 1 amide bonds. The smallest absolute Gasteiger partial charge is 0.329 e. The van der Waals surface area contributed by atoms with E-state index in [2.05, 4.69) is 17.6 Å². The predicted molar refractivity (Wildman–Crippen MR) is 73.3 cm³/mol. The molecule has 20 heavy (non-hydrogen) atoms. The summed E-state index contributed by atoms with van der Waals surface area (Å²) in [5.74, 6) is -1.43. The molecule has 3 atom stereocenters. The van der Waals surface area contributed by atoms with Gasteiger partial charge in [0.1, 0.15) is 5.54 Å². The molecule has 1 saturated heterocycles. The van der Waals surface area contributed by atoms with Crippen molar-refractivity contribution in [2.24, 2.45) is 11.8 Å². The minimum atomic E-state index is -1.14. The van der Waals surface area contributed by atoms with Crippen molar-refractivity contribution in [2.45, 2.75) is 44.7 Å². The minimum Gasteiger partial charge on any atom is -0.480 e. The highest BCUT2D eigenvalue weighted by molar-refractivity contribution is 5.88. The van der Waals surface area contributed by atoms with E-state index in [-0.39, 0.29) is 23.8 Å². The molecule has 0 spiro atoms. The van der Waals surface area contributed by atoms with Gasteiger partial charge >= 0.3 is 5.97 Å². The molecule has 1 heterocycles. The molecular formula is C14H24N2O4. The Morgan fingerprint density at radius 2 is 2.05 bits per heavy atom. The van der Waals surface area contributed by atoms with E-state index in [1.54, 1.807) is 6.92 Å². The first-order chi connectivity index (χ1) is 9.49. The number of carboxylic acids is 1. The number of aliphatic carboxylic acids is 1. The minimum absolute atomic E-state index is 0.0211. The Labute approximate surface area is 119 Å². The third-order valence-corrected chi connectivity index (χ3v) is 4.29. The topological polar surface area (TPSA) is 87.7 Å². The van der Waals surface area contributed by atoms with Crippen molar-refractivity contribution in [1.82, 2.24) is 10.6 Å². The van der Waals surface area contributed by atoms with Crippen LogP contribution in [-0.4, -0.2) is 48.3 Å². The zero-order valence-corrected chi connectivity index (χ0v) is 12.1. The first kappa shape index (κ1) is 15.3. The number of hydrogen-bond donors (Lipinski definition) is 3. The Morgan fingerprint density at radius 3 is 2.60 bits per heavy atom. The number of carboxylic acid groups (broad SMARTS) is 1. The maximum absolute atomic E-state index is 12.4. The molecule has 6 nitrogen and oxygen atoms in total. The van der Waals surface area contributed by atoms with Gasteiger partial charge in [-0.2, -0.15) is 0 Å². The number of rotatable bonds is 7. The van der Waals surface area contributed by atoms with E-state index in [1.165, 1.54) is 0 Å². The van der Waals surface area contributed by atoms with Crippen molar-refractivity contribution < 1.29 is 19.4 Å². The fraction of sp³-hybridized carbons (Fsp3) is 0.857. The lowest BCUT2D eigenvalue weighted by molar-refractivity contribution is -0.148. The first-order valence-corrected chi connectivity index (χ1v) is 7.35. The van der Waals surface area contributed by atoms with Crippen LogP contribution in [0.25, 0.3) is 0 Å². The Hall–Kier alpha value is -1.14. The lowest BCUT2D eigenvalue weighted by Crippen LogP contribution is -2.57. The molecule has 2 rings (SSSR count). The van der Waals surface area contributed by atoms with Gasteiger partial charge in [0.2, 0.25) is 5.91 Å². The number of amides is 1. The third kappa shape index (κ3) is 3.12. The van der Waals surface area contributed by atoms with Crippen molar-refractivity contribution in [2.75, 3.05) is 19.8 Å². The molecule has 0 aromatic rings. The van der Waals surface area contributed by atoms with E-state index in [9.17, 15) is 14.7 Å². The van der Waals surface area contributed by atoms with Gasteiger partial charge in [0, 0.05) is 6.04 Å². The van der Waals surface area contributed by atoms with Crippen molar-refractivity contribution in [3.8, 4) is 0 Å². The zero-order chi connectivity index (χ0) is 14.8. The monoisotopic (exact) mass is 284 g/mol. The van der Waals surface area contributed by atoms with Crippen molar-refractivity contribution in [1.29, 1.82) is 0 Å². The van der Waals surface area contributed by atoms with Gasteiger partial charge in [-0.05, 0) is 38.6 Å². The molecule has 2 fully saturated rings. The second kappa shape index (κ2) is 6.10. The standard InChI is InChI=1S/C14H24N2O4/c1-3-6-15-11-8-20-7-10(11)12(17)16-14(2,13(18)19)9-4-5-9/h9-11,15H,3-8H2,1-2H3,(H,16,17)(H,18,19). The molecule has 6 heteroatoms. The van der Waals surface area contributed by atoms with Crippen molar-refractivity contribution in [3.63, 3.8) is 0 Å². The number of ether oxygens (including phenoxy) is 1. The molecule has 1 aliphatic carbocycles. The summed E-state index contributed by atoms with van der Waals surface area (Å²) >= 11 is 0. The molecule has 1 aliphatic heterocycles. The molecule has 0 aromatic heterocycles. The lowest BCUT2D eigenvalue weighted by atomic mass is 9.93. The van der Waals surface area contributed by atoms with Gasteiger partial charge in [-0.1, -0.05) is 6.92 Å². The van der Waals surface area contributed by atoms with Gasteiger partial charge < -0.3 is 20.5 Å². The normalized spacial score (nSPS) is 28.9. The molecular weight excluding hydrogens is 260 g/mol. The average molecular weight is 284 g/mol. The highest BCUT2D eigenvalue weighted by atomic mass is 16.5. The highest BCUT2D eigenvalue weighted by Gasteiger charge is 2.50. The largest absolute Gasteiger partial charge is 0.480 e. The van der Waals surface area contributed by atoms with Crippen LogP contribution in [0.3, 0.4) is 0 Å². The third-order valence-electron chi connectivity index (χ3n) is 4.29. The number of carbonyl (C=O) groups excluding carboxylic acids is 1. The van der Waals surface area contributed by atoms with Crippen molar-refractivity contribution in [3.05, 3.63) is 0 Å². The number of carbonyl (C=O) groups is 2. The lowest BCUT2D eigenvalue weighted by Gasteiger charge is -2.29. The predicted octanol–water partition coefficient (Wildman–Crippen LogP) is 0.371. The molecule has 0 radical (unpaired) electrons. The van der Waals surface area contributed by atoms with E-state index in [0.717, 1.165) is 25.8 Å². The van der Waals surface area contributed by atoms with Gasteiger partial charge in [-0.3, -0.25) is 4.79 Å². The number of hydrogen-bond acceptors (Lipinski definition) is 4. The molecule has 3 unspecified atom stereocenters. The summed E-state index contributed by atoms with van der Waals surface area (Å²) in [5.41, 5.74) is -1.14. The van der Waals surface area contributed by atoms with Crippen LogP contribution in [0.1, 0.15) is 33.1 Å². The van der Waals surface area contributed by atoms with E-state index < -0.39 is 11.5 Å². The Balaban J connectivity index is 1.97. The van der Waals surface area contributed by atoms with E-state index in [1.807, 2.05) is 0 Å². The molecule has 0 aromatic carbocycles. The van der Waals surface area contributed by atoms with E-state index in [4.69, 9.17) is 4.74 Å². The van der Waals surface area contributed by atoms with Crippen LogP contribution in [0.4, 0.5) is 0 Å². The SMILES string of the molecule is CCCNC1COCC1C(=O)NC(C)(C(=O)O)C1CC1. The second-order valence-electron chi connectivity index (χ2n) is 5.98. The van der Waals surface area contributed by atoms with E-state index in [0.29, 0.717) is 13.2 Å². The van der Waals surface area contributed by atoms with Crippen molar-refractivity contribution >= 4 is 11.9 Å². The molecule has 3 N–H and O–H groups in total. The number of nitrogens with one attached hydrogen (secondary N) is 2. The summed E-state index contributed by atoms with van der Waals surface area (Å²) in [6.45, 7) is 5.36. The molecule has 0 bridgehead atoms. The molecule has 114 valence electrons. The van der Waals surface area contributed by atoms with Crippen LogP contribution in [0.5, 0.6) is 0 Å². The fourth-order valence-electron chi connectivity index (χ4n) is 2.68. The summed E-state index contributed by atoms with van der Waals surface area (Å²) in [5, 5.41) is 15.4. The van der Waals surface area contributed by atoms with Gasteiger partial charge in [0.05, 0.1) is 19.1 Å². The average Bonchev–Trinajstić information content (AvgIpc) is 3.15. The second-order valence-corrected chi connectivity index (χ2v) is 5.98. The maximum Gasteiger partial charge on any atom is 0.329 e. The van der Waals surface area contributed by atoms with Gasteiger partial charge in [0.25, 0.3) is 0 Å². The van der Waals surface area contributed by atoms with Gasteiger partial charge in [0.15, 0.2) is 0 Å². The summed E-state index contributed by atoms with van der Waals surface area (Å²) in [7, 11) is 0. The van der Waals surface area contributed by atoms with Crippen LogP contribution in [0.2, 0.25) is 0 Å². The van der Waals surface area contributed by atoms with Gasteiger partial charge in [-0.15, -0.1) is 0 Å². The first-order valence-electron chi connectivity index (χ1n) is 7.35. The quantitative estimate of drug-likeness (QED) is 0.629. The zero-order valence-electron chi connectivity index (χ0n) is 12.1. The fourth-order valence-corrected chi connectivity index (χ4v) is 2.68. The summed E-state index contributed by atoms with van der Waals surface area (Å²) in [6.07, 6.45) is 2.71. The Kier molecular flexibility index (Phi) is 4.65. The van der Waals surface area contributed by atoms with Crippen LogP contribution in [0, 0.1) is 11.8 Å². The van der Waals surface area contributed by atoms with Crippen LogP contribution in [0.15, 0.2) is 0 Å². The highest BCUT2D eigenvalue weighted by Crippen LogP contribution is 2.40. The molecule has 2 aliphatic rings.